The molecule has 2 aliphatic rings. The average molecular weight is 458 g/mol. The second kappa shape index (κ2) is 9.85. The third-order valence-corrected chi connectivity index (χ3v) is 5.84. The number of halogens is 1. The Balaban J connectivity index is 1.48. The van der Waals surface area contributed by atoms with Crippen molar-refractivity contribution in [2.24, 2.45) is 0 Å². The standard InChI is InChI=1S/C23H23FN2O7/c24-16-8-6-15(7-9-16)12-25(17-4-2-1-3-5-17)22(27)13-31-23(28)18-10-20-21(33-14-32-20)11-19(18)26(29)30/h6-11,17H,1-5,12-14H2. The molecule has 1 saturated carbocycles. The number of benzene rings is 2. The summed E-state index contributed by atoms with van der Waals surface area (Å²) < 4.78 is 28.8. The Morgan fingerprint density at radius 1 is 1.09 bits per heavy atom. The number of esters is 1. The van der Waals surface area contributed by atoms with Crippen molar-refractivity contribution < 1.29 is 33.1 Å². The summed E-state index contributed by atoms with van der Waals surface area (Å²) in [5.74, 6) is -1.42. The fourth-order valence-electron chi connectivity index (χ4n) is 4.13. The first-order valence-electron chi connectivity index (χ1n) is 10.7. The van der Waals surface area contributed by atoms with E-state index in [4.69, 9.17) is 14.2 Å². The zero-order valence-corrected chi connectivity index (χ0v) is 17.8. The van der Waals surface area contributed by atoms with Gasteiger partial charge in [0.05, 0.1) is 11.0 Å². The number of rotatable bonds is 7. The summed E-state index contributed by atoms with van der Waals surface area (Å²) in [7, 11) is 0. The average Bonchev–Trinajstić information content (AvgIpc) is 3.29. The minimum absolute atomic E-state index is 0.0186. The molecule has 174 valence electrons. The Kier molecular flexibility index (Phi) is 6.71. The molecule has 1 amide bonds. The zero-order chi connectivity index (χ0) is 23.4. The van der Waals surface area contributed by atoms with Crippen LogP contribution in [0.15, 0.2) is 36.4 Å². The van der Waals surface area contributed by atoms with E-state index in [2.05, 4.69) is 0 Å². The van der Waals surface area contributed by atoms with Gasteiger partial charge in [0.15, 0.2) is 18.1 Å². The van der Waals surface area contributed by atoms with Gasteiger partial charge in [0.2, 0.25) is 6.79 Å². The lowest BCUT2D eigenvalue weighted by atomic mass is 9.93. The first-order chi connectivity index (χ1) is 15.9. The highest BCUT2D eigenvalue weighted by Gasteiger charge is 2.30. The highest BCUT2D eigenvalue weighted by atomic mass is 19.1. The fourth-order valence-corrected chi connectivity index (χ4v) is 4.13. The molecule has 0 unspecified atom stereocenters. The molecule has 0 bridgehead atoms. The lowest BCUT2D eigenvalue weighted by Gasteiger charge is -2.34. The molecular weight excluding hydrogens is 435 g/mol. The summed E-state index contributed by atoms with van der Waals surface area (Å²) in [5.41, 5.74) is -0.0555. The second-order valence-electron chi connectivity index (χ2n) is 8.00. The summed E-state index contributed by atoms with van der Waals surface area (Å²) in [5, 5.41) is 11.4. The van der Waals surface area contributed by atoms with E-state index in [0.717, 1.165) is 43.7 Å². The molecule has 0 saturated heterocycles. The quantitative estimate of drug-likeness (QED) is 0.351. The summed E-state index contributed by atoms with van der Waals surface area (Å²) in [4.78, 5) is 38.0. The summed E-state index contributed by atoms with van der Waals surface area (Å²) in [6, 6.07) is 8.15. The van der Waals surface area contributed by atoms with E-state index in [9.17, 15) is 24.1 Å². The number of fused-ring (bicyclic) bond motifs is 1. The van der Waals surface area contributed by atoms with Gasteiger partial charge >= 0.3 is 5.97 Å². The Morgan fingerprint density at radius 2 is 1.76 bits per heavy atom. The second-order valence-corrected chi connectivity index (χ2v) is 8.00. The molecule has 1 aliphatic carbocycles. The molecule has 0 atom stereocenters. The normalized spacial score (nSPS) is 15.2. The molecule has 2 aromatic rings. The molecule has 0 spiro atoms. The summed E-state index contributed by atoms with van der Waals surface area (Å²) in [6.07, 6.45) is 4.73. The smallest absolute Gasteiger partial charge is 0.345 e. The molecule has 4 rings (SSSR count). The molecule has 0 radical (unpaired) electrons. The molecule has 33 heavy (non-hydrogen) atoms. The Labute approximate surface area is 189 Å². The van der Waals surface area contributed by atoms with E-state index in [1.54, 1.807) is 17.0 Å². The van der Waals surface area contributed by atoms with E-state index >= 15 is 0 Å². The van der Waals surface area contributed by atoms with Crippen LogP contribution in [0.1, 0.15) is 48.0 Å². The first kappa shape index (κ1) is 22.5. The van der Waals surface area contributed by atoms with Crippen LogP contribution in [-0.4, -0.2) is 41.1 Å². The van der Waals surface area contributed by atoms with Gasteiger partial charge in [-0.05, 0) is 30.5 Å². The molecule has 10 heteroatoms. The van der Waals surface area contributed by atoms with Crippen LogP contribution in [0.25, 0.3) is 0 Å². The number of amides is 1. The molecule has 0 aromatic heterocycles. The Morgan fingerprint density at radius 3 is 2.42 bits per heavy atom. The van der Waals surface area contributed by atoms with Crippen molar-refractivity contribution in [1.29, 1.82) is 0 Å². The van der Waals surface area contributed by atoms with Crippen LogP contribution >= 0.6 is 0 Å². The van der Waals surface area contributed by atoms with E-state index in [1.807, 2.05) is 0 Å². The monoisotopic (exact) mass is 458 g/mol. The van der Waals surface area contributed by atoms with Crippen molar-refractivity contribution >= 4 is 17.6 Å². The lowest BCUT2D eigenvalue weighted by molar-refractivity contribution is -0.385. The van der Waals surface area contributed by atoms with Crippen LogP contribution in [0, 0.1) is 15.9 Å². The van der Waals surface area contributed by atoms with E-state index in [0.29, 0.717) is 0 Å². The number of hydrogen-bond acceptors (Lipinski definition) is 7. The van der Waals surface area contributed by atoms with Crippen LogP contribution in [0.5, 0.6) is 11.5 Å². The van der Waals surface area contributed by atoms with Crippen molar-refractivity contribution in [1.82, 2.24) is 4.90 Å². The SMILES string of the molecule is O=C(OCC(=O)N(Cc1ccc(F)cc1)C1CCCCC1)c1cc2c(cc1[N+](=O)[O-])OCO2. The van der Waals surface area contributed by atoms with Gasteiger partial charge in [-0.3, -0.25) is 14.9 Å². The van der Waals surface area contributed by atoms with Crippen LogP contribution < -0.4 is 9.47 Å². The Hall–Kier alpha value is -3.69. The van der Waals surface area contributed by atoms with Gasteiger partial charge in [0.25, 0.3) is 11.6 Å². The number of nitrogens with zero attached hydrogens (tertiary/aromatic N) is 2. The van der Waals surface area contributed by atoms with E-state index < -0.39 is 29.1 Å². The largest absolute Gasteiger partial charge is 0.454 e. The Bertz CT molecular complexity index is 1050. The van der Waals surface area contributed by atoms with Crippen molar-refractivity contribution in [2.75, 3.05) is 13.4 Å². The topological polar surface area (TPSA) is 108 Å². The fraction of sp³-hybridized carbons (Fsp3) is 0.391. The van der Waals surface area contributed by atoms with Crippen LogP contribution in [0.4, 0.5) is 10.1 Å². The van der Waals surface area contributed by atoms with Gasteiger partial charge in [-0.1, -0.05) is 31.4 Å². The molecule has 9 nitrogen and oxygen atoms in total. The minimum atomic E-state index is -1.00. The van der Waals surface area contributed by atoms with Crippen molar-refractivity contribution in [3.05, 3.63) is 63.5 Å². The molecule has 0 N–H and O–H groups in total. The van der Waals surface area contributed by atoms with Crippen molar-refractivity contribution in [3.8, 4) is 11.5 Å². The molecule has 1 heterocycles. The van der Waals surface area contributed by atoms with Crippen LogP contribution in [0.2, 0.25) is 0 Å². The van der Waals surface area contributed by atoms with Gasteiger partial charge in [0, 0.05) is 18.7 Å². The van der Waals surface area contributed by atoms with Gasteiger partial charge in [0.1, 0.15) is 11.4 Å². The number of carbonyl (C=O) groups is 2. The maximum absolute atomic E-state index is 13.3. The maximum Gasteiger partial charge on any atom is 0.345 e. The van der Waals surface area contributed by atoms with Gasteiger partial charge < -0.3 is 19.1 Å². The number of carbonyl (C=O) groups excluding carboxylic acids is 2. The minimum Gasteiger partial charge on any atom is -0.454 e. The lowest BCUT2D eigenvalue weighted by Crippen LogP contribution is -2.43. The number of nitro benzene ring substituents is 1. The van der Waals surface area contributed by atoms with Crippen LogP contribution in [0.3, 0.4) is 0 Å². The third-order valence-electron chi connectivity index (χ3n) is 5.84. The number of nitro groups is 1. The van der Waals surface area contributed by atoms with Gasteiger partial charge in [-0.15, -0.1) is 0 Å². The number of hydrogen-bond donors (Lipinski definition) is 0. The van der Waals surface area contributed by atoms with Crippen molar-refractivity contribution in [3.63, 3.8) is 0 Å². The van der Waals surface area contributed by atoms with Gasteiger partial charge in [-0.25, -0.2) is 9.18 Å². The first-order valence-corrected chi connectivity index (χ1v) is 10.7. The molecule has 1 fully saturated rings. The molecule has 1 aliphatic heterocycles. The van der Waals surface area contributed by atoms with E-state index in [1.165, 1.54) is 18.2 Å². The predicted octanol–water partition coefficient (Wildman–Crippen LogP) is 3.98. The third kappa shape index (κ3) is 5.21. The zero-order valence-electron chi connectivity index (χ0n) is 17.8. The number of ether oxygens (including phenoxy) is 3. The molecule has 2 aromatic carbocycles. The summed E-state index contributed by atoms with van der Waals surface area (Å²) in [6.45, 7) is -0.420. The van der Waals surface area contributed by atoms with Crippen LogP contribution in [-0.2, 0) is 16.1 Å². The predicted molar refractivity (Wildman–Crippen MR) is 113 cm³/mol. The highest BCUT2D eigenvalue weighted by Crippen LogP contribution is 2.38. The highest BCUT2D eigenvalue weighted by molar-refractivity contribution is 5.96. The maximum atomic E-state index is 13.3. The van der Waals surface area contributed by atoms with Gasteiger partial charge in [-0.2, -0.15) is 0 Å². The molecular formula is C23H23FN2O7. The van der Waals surface area contributed by atoms with Crippen molar-refractivity contribution in [2.45, 2.75) is 44.7 Å². The summed E-state index contributed by atoms with van der Waals surface area (Å²) >= 11 is 0. The van der Waals surface area contributed by atoms with E-state index in [-0.39, 0.29) is 42.3 Å².